The second kappa shape index (κ2) is 33.6. The molecule has 0 saturated heterocycles. The van der Waals surface area contributed by atoms with Crippen molar-refractivity contribution in [3.63, 3.8) is 0 Å². The minimum atomic E-state index is -0.648. The van der Waals surface area contributed by atoms with Crippen molar-refractivity contribution in [1.29, 1.82) is 0 Å². The van der Waals surface area contributed by atoms with Gasteiger partial charge < -0.3 is 4.74 Å². The van der Waals surface area contributed by atoms with Gasteiger partial charge >= 0.3 is 127 Å². The predicted molar refractivity (Wildman–Crippen MR) is 161 cm³/mol. The molecule has 0 N–H and O–H groups in total. The van der Waals surface area contributed by atoms with Crippen LogP contribution in [0.3, 0.4) is 0 Å². The van der Waals surface area contributed by atoms with Gasteiger partial charge in [-0.3, -0.25) is 14.4 Å². The molecule has 0 amide bonds. The second-order valence-electron chi connectivity index (χ2n) is 10.5. The molecule has 0 fully saturated rings. The molecular formula is C32H62O4Sn. The number of hydrogen-bond donors (Lipinski definition) is 0. The van der Waals surface area contributed by atoms with Gasteiger partial charge in [0, 0.05) is 13.3 Å². The van der Waals surface area contributed by atoms with Gasteiger partial charge in [0.05, 0.1) is 0 Å². The zero-order chi connectivity index (χ0) is 27.8. The van der Waals surface area contributed by atoms with Gasteiger partial charge in [-0.25, -0.2) is 0 Å². The number of unbranched alkanes of at least 4 members (excludes halogenated alkanes) is 18. The molecule has 0 aliphatic heterocycles. The fourth-order valence-electron chi connectivity index (χ4n) is 4.09. The molecule has 0 spiro atoms. The van der Waals surface area contributed by atoms with Crippen molar-refractivity contribution in [2.24, 2.45) is 0 Å². The van der Waals surface area contributed by atoms with Gasteiger partial charge in [0.15, 0.2) is 12.4 Å². The predicted octanol–water partition coefficient (Wildman–Crippen LogP) is 9.86. The van der Waals surface area contributed by atoms with Gasteiger partial charge in [0.1, 0.15) is 0 Å². The van der Waals surface area contributed by atoms with E-state index in [1.165, 1.54) is 110 Å². The van der Waals surface area contributed by atoms with Crippen molar-refractivity contribution in [2.75, 3.05) is 6.61 Å². The molecule has 0 aliphatic carbocycles. The van der Waals surface area contributed by atoms with Crippen molar-refractivity contribution in [3.05, 3.63) is 0 Å². The van der Waals surface area contributed by atoms with Gasteiger partial charge in [-0.05, 0) is 6.42 Å². The molecule has 5 heteroatoms. The van der Waals surface area contributed by atoms with E-state index in [4.69, 9.17) is 4.74 Å². The molecule has 0 aromatic carbocycles. The third-order valence-electron chi connectivity index (χ3n) is 6.66. The number of esters is 1. The summed E-state index contributed by atoms with van der Waals surface area (Å²) in [6.07, 6.45) is 28.9. The van der Waals surface area contributed by atoms with Crippen LogP contribution in [0.1, 0.15) is 169 Å². The number of carbonyl (C=O) groups is 3. The minimum absolute atomic E-state index is 0.0736. The van der Waals surface area contributed by atoms with Crippen LogP contribution >= 0.6 is 0 Å². The van der Waals surface area contributed by atoms with Crippen LogP contribution in [0, 0.1) is 0 Å². The summed E-state index contributed by atoms with van der Waals surface area (Å²) >= 11 is 0.0736. The van der Waals surface area contributed by atoms with Crippen molar-refractivity contribution in [3.8, 4) is 0 Å². The Balaban J connectivity index is 0. The maximum absolute atomic E-state index is 11.3. The number of Topliss-reactive ketones (excluding diaryl/α,β-unsaturated/α-hetero) is 2. The molecule has 0 aromatic rings. The Morgan fingerprint density at radius 1 is 0.514 bits per heavy atom. The Kier molecular flexibility index (Phi) is 35.2. The first-order chi connectivity index (χ1) is 18.0. The SMILES string of the molecule is CCCCCCCCCCCC(=O)OCC(=O)C(C)=O.CCCCCCC[CH2][Sn][CH2]CCCCCCC. The van der Waals surface area contributed by atoms with Gasteiger partial charge in [-0.15, -0.1) is 0 Å². The van der Waals surface area contributed by atoms with E-state index in [1.54, 1.807) is 21.7 Å². The zero-order valence-corrected chi connectivity index (χ0v) is 28.2. The molecule has 0 heterocycles. The molecule has 0 rings (SSSR count). The summed E-state index contributed by atoms with van der Waals surface area (Å²) in [4.78, 5) is 32.9. The summed E-state index contributed by atoms with van der Waals surface area (Å²) < 4.78 is 8.04. The molecule has 0 bridgehead atoms. The summed E-state index contributed by atoms with van der Waals surface area (Å²) in [6.45, 7) is 7.58. The summed E-state index contributed by atoms with van der Waals surface area (Å²) in [6, 6.07) is 0. The Hall–Kier alpha value is -0.391. The summed E-state index contributed by atoms with van der Waals surface area (Å²) in [5.41, 5.74) is 0. The van der Waals surface area contributed by atoms with Crippen LogP contribution in [0.25, 0.3) is 0 Å². The number of rotatable bonds is 27. The third-order valence-corrected chi connectivity index (χ3v) is 10.7. The average molecular weight is 630 g/mol. The Morgan fingerprint density at radius 3 is 1.24 bits per heavy atom. The van der Waals surface area contributed by atoms with E-state index in [2.05, 4.69) is 20.8 Å². The van der Waals surface area contributed by atoms with Crippen LogP contribution in [0.2, 0.25) is 8.87 Å². The van der Waals surface area contributed by atoms with Crippen molar-refractivity contribution < 1.29 is 19.1 Å². The van der Waals surface area contributed by atoms with Gasteiger partial charge in [0.25, 0.3) is 0 Å². The molecule has 0 unspecified atom stereocenters. The number of carbonyl (C=O) groups excluding carboxylic acids is 3. The van der Waals surface area contributed by atoms with Crippen molar-refractivity contribution in [2.45, 2.75) is 178 Å². The Bertz CT molecular complexity index is 493. The average Bonchev–Trinajstić information content (AvgIpc) is 2.89. The number of ketones is 2. The molecule has 0 aliphatic rings. The molecule has 2 radical (unpaired) electrons. The van der Waals surface area contributed by atoms with E-state index in [9.17, 15) is 14.4 Å². The quantitative estimate of drug-likeness (QED) is 0.0393. The summed E-state index contributed by atoms with van der Waals surface area (Å²) in [7, 11) is 0. The van der Waals surface area contributed by atoms with Crippen LogP contribution in [-0.4, -0.2) is 45.3 Å². The van der Waals surface area contributed by atoms with E-state index in [0.29, 0.717) is 6.42 Å². The van der Waals surface area contributed by atoms with E-state index >= 15 is 0 Å². The molecule has 0 atom stereocenters. The summed E-state index contributed by atoms with van der Waals surface area (Å²) in [5, 5.41) is 0. The van der Waals surface area contributed by atoms with Gasteiger partial charge in [-0.2, -0.15) is 0 Å². The topological polar surface area (TPSA) is 60.4 Å². The monoisotopic (exact) mass is 630 g/mol. The van der Waals surface area contributed by atoms with Crippen molar-refractivity contribution in [1.82, 2.24) is 0 Å². The first-order valence-corrected chi connectivity index (χ1v) is 19.9. The second-order valence-corrected chi connectivity index (χ2v) is 14.8. The maximum atomic E-state index is 11.3. The van der Waals surface area contributed by atoms with E-state index < -0.39 is 18.2 Å². The van der Waals surface area contributed by atoms with Gasteiger partial charge in [-0.1, -0.05) is 58.3 Å². The van der Waals surface area contributed by atoms with Crippen molar-refractivity contribution >= 4 is 38.7 Å². The molecule has 4 nitrogen and oxygen atoms in total. The van der Waals surface area contributed by atoms with Crippen LogP contribution < -0.4 is 0 Å². The molecule has 218 valence electrons. The van der Waals surface area contributed by atoms with Crippen LogP contribution in [0.5, 0.6) is 0 Å². The number of ether oxygens (including phenoxy) is 1. The summed E-state index contributed by atoms with van der Waals surface area (Å²) in [5.74, 6) is -1.60. The van der Waals surface area contributed by atoms with Crippen LogP contribution in [0.15, 0.2) is 0 Å². The van der Waals surface area contributed by atoms with E-state index in [0.717, 1.165) is 19.3 Å². The third kappa shape index (κ3) is 35.6. The zero-order valence-electron chi connectivity index (χ0n) is 25.3. The fourth-order valence-corrected chi connectivity index (χ4v) is 7.65. The number of hydrogen-bond acceptors (Lipinski definition) is 4. The Labute approximate surface area is 241 Å². The molecular weight excluding hydrogens is 567 g/mol. The van der Waals surface area contributed by atoms with E-state index in [-0.39, 0.29) is 27.1 Å². The molecule has 0 aromatic heterocycles. The first-order valence-electron chi connectivity index (χ1n) is 15.9. The normalized spacial score (nSPS) is 10.6. The molecule has 0 saturated carbocycles. The van der Waals surface area contributed by atoms with Crippen LogP contribution in [-0.2, 0) is 19.1 Å². The fraction of sp³-hybridized carbons (Fsp3) is 0.906. The standard InChI is InChI=1S/C16H28O4.2C8H17.Sn/c1-3-4-5-6-7-8-9-10-11-12-16(19)20-13-15(18)14(2)17;2*1-3-5-7-8-6-4-2;/h3-13H2,1-2H3;2*1,3-8H2,2H3;. The van der Waals surface area contributed by atoms with Gasteiger partial charge in [0.2, 0.25) is 5.78 Å². The molecule has 37 heavy (non-hydrogen) atoms. The van der Waals surface area contributed by atoms with Crippen LogP contribution in [0.4, 0.5) is 0 Å². The van der Waals surface area contributed by atoms with E-state index in [1.807, 2.05) is 0 Å². The first kappa shape index (κ1) is 38.8. The Morgan fingerprint density at radius 2 is 0.865 bits per heavy atom.